The molecule has 0 spiro atoms. The number of hydrogen-bond acceptors (Lipinski definition) is 6. The van der Waals surface area contributed by atoms with Crippen molar-refractivity contribution in [3.63, 3.8) is 0 Å². The van der Waals surface area contributed by atoms with Gasteiger partial charge in [-0.15, -0.1) is 11.3 Å². The molecule has 3 aromatic rings. The molecule has 0 aliphatic rings. The van der Waals surface area contributed by atoms with E-state index in [9.17, 15) is 4.39 Å². The van der Waals surface area contributed by atoms with Crippen molar-refractivity contribution < 1.29 is 13.7 Å². The Morgan fingerprint density at radius 3 is 3.00 bits per heavy atom. The Hall–Kier alpha value is -2.72. The maximum Gasteiger partial charge on any atom is 0.269 e. The minimum atomic E-state index is -0.463. The van der Waals surface area contributed by atoms with Gasteiger partial charge < -0.3 is 9.26 Å². The number of methoxy groups -OCH3 is 1. The molecule has 1 aromatic carbocycles. The first kappa shape index (κ1) is 13.3. The van der Waals surface area contributed by atoms with Gasteiger partial charge >= 0.3 is 0 Å². The van der Waals surface area contributed by atoms with Crippen LogP contribution < -0.4 is 4.74 Å². The van der Waals surface area contributed by atoms with Crippen LogP contribution in [0.5, 0.6) is 5.75 Å². The molecule has 3 rings (SSSR count). The lowest BCUT2D eigenvalue weighted by Crippen LogP contribution is -1.89. The van der Waals surface area contributed by atoms with Crippen molar-refractivity contribution in [3.05, 3.63) is 41.0 Å². The third-order valence-corrected chi connectivity index (χ3v) is 3.72. The van der Waals surface area contributed by atoms with Gasteiger partial charge in [-0.3, -0.25) is 0 Å². The summed E-state index contributed by atoms with van der Waals surface area (Å²) in [5.41, 5.74) is 1.05. The molecule has 0 saturated carbocycles. The molecule has 0 radical (unpaired) electrons. The van der Waals surface area contributed by atoms with Crippen molar-refractivity contribution in [2.45, 2.75) is 0 Å². The molecule has 21 heavy (non-hydrogen) atoms. The molecule has 0 aliphatic carbocycles. The minimum absolute atomic E-state index is 0.104. The second-order valence-electron chi connectivity index (χ2n) is 4.05. The number of aromatic nitrogens is 2. The summed E-state index contributed by atoms with van der Waals surface area (Å²) in [5, 5.41) is 14.6. The molecule has 0 atom stereocenters. The Morgan fingerprint density at radius 2 is 2.24 bits per heavy atom. The molecule has 0 fully saturated rings. The molecule has 5 nitrogen and oxygen atoms in total. The Labute approximate surface area is 123 Å². The van der Waals surface area contributed by atoms with Gasteiger partial charge in [0.2, 0.25) is 5.82 Å². The van der Waals surface area contributed by atoms with E-state index in [2.05, 4.69) is 16.2 Å². The van der Waals surface area contributed by atoms with Crippen LogP contribution in [0.3, 0.4) is 0 Å². The largest absolute Gasteiger partial charge is 0.494 e. The summed E-state index contributed by atoms with van der Waals surface area (Å²) in [5.74, 6) is 0.211. The number of hydrogen-bond donors (Lipinski definition) is 0. The summed E-state index contributed by atoms with van der Waals surface area (Å²) < 4.78 is 23.5. The van der Waals surface area contributed by atoms with Gasteiger partial charge in [-0.25, -0.2) is 4.39 Å². The third kappa shape index (κ3) is 2.37. The molecule has 0 saturated heterocycles. The monoisotopic (exact) mass is 301 g/mol. The molecule has 0 unspecified atom stereocenters. The molecule has 0 N–H and O–H groups in total. The topological polar surface area (TPSA) is 71.9 Å². The van der Waals surface area contributed by atoms with E-state index < -0.39 is 5.82 Å². The predicted octanol–water partition coefficient (Wildman–Crippen LogP) is 3.48. The first-order chi connectivity index (χ1) is 10.2. The normalized spacial score (nSPS) is 10.3. The SMILES string of the molecule is COc1cc(-c2noc(-c3sccc3C#N)n2)ccc1F. The first-order valence-electron chi connectivity index (χ1n) is 5.88. The van der Waals surface area contributed by atoms with E-state index in [1.165, 1.54) is 36.6 Å². The zero-order valence-electron chi connectivity index (χ0n) is 10.8. The molecular formula is C14H8FN3O2S. The predicted molar refractivity (Wildman–Crippen MR) is 74.3 cm³/mol. The van der Waals surface area contributed by atoms with Gasteiger partial charge in [0.25, 0.3) is 5.89 Å². The lowest BCUT2D eigenvalue weighted by Gasteiger charge is -2.02. The Kier molecular flexibility index (Phi) is 3.38. The standard InChI is InChI=1S/C14H8FN3O2S/c1-19-11-6-8(2-3-10(11)15)13-17-14(20-18-13)12-9(7-16)4-5-21-12/h2-6H,1H3. The van der Waals surface area contributed by atoms with Crippen molar-refractivity contribution in [2.24, 2.45) is 0 Å². The van der Waals surface area contributed by atoms with Gasteiger partial charge in [0.1, 0.15) is 10.9 Å². The molecule has 0 amide bonds. The van der Waals surface area contributed by atoms with Gasteiger partial charge in [-0.1, -0.05) is 5.16 Å². The van der Waals surface area contributed by atoms with E-state index in [-0.39, 0.29) is 11.6 Å². The summed E-state index contributed by atoms with van der Waals surface area (Å²) in [6, 6.07) is 8.04. The van der Waals surface area contributed by atoms with Crippen LogP contribution in [0.4, 0.5) is 4.39 Å². The highest BCUT2D eigenvalue weighted by Crippen LogP contribution is 2.30. The van der Waals surface area contributed by atoms with Crippen LogP contribution in [-0.4, -0.2) is 17.3 Å². The summed E-state index contributed by atoms with van der Waals surface area (Å²) in [6.45, 7) is 0. The average Bonchev–Trinajstić information content (AvgIpc) is 3.16. The fourth-order valence-corrected chi connectivity index (χ4v) is 2.56. The van der Waals surface area contributed by atoms with Crippen molar-refractivity contribution >= 4 is 11.3 Å². The maximum absolute atomic E-state index is 13.4. The molecule has 0 bridgehead atoms. The Morgan fingerprint density at radius 1 is 1.38 bits per heavy atom. The number of ether oxygens (including phenoxy) is 1. The number of thiophene rings is 1. The van der Waals surface area contributed by atoms with Crippen molar-refractivity contribution in [3.8, 4) is 34.0 Å². The van der Waals surface area contributed by atoms with Crippen LogP contribution in [0.25, 0.3) is 22.2 Å². The van der Waals surface area contributed by atoms with E-state index in [0.717, 1.165) is 0 Å². The van der Waals surface area contributed by atoms with Gasteiger partial charge in [0, 0.05) is 5.56 Å². The average molecular weight is 301 g/mol. The van der Waals surface area contributed by atoms with Gasteiger partial charge in [0.05, 0.1) is 12.7 Å². The number of nitrogens with zero attached hydrogens (tertiary/aromatic N) is 3. The third-order valence-electron chi connectivity index (χ3n) is 2.82. The van der Waals surface area contributed by atoms with Crippen LogP contribution in [-0.2, 0) is 0 Å². The van der Waals surface area contributed by atoms with Crippen LogP contribution in [0.2, 0.25) is 0 Å². The maximum atomic E-state index is 13.4. The Bertz CT molecular complexity index is 835. The molecule has 2 heterocycles. The first-order valence-corrected chi connectivity index (χ1v) is 6.76. The summed E-state index contributed by atoms with van der Waals surface area (Å²) >= 11 is 1.34. The van der Waals surface area contributed by atoms with E-state index in [4.69, 9.17) is 14.5 Å². The molecule has 0 aliphatic heterocycles. The van der Waals surface area contributed by atoms with E-state index in [1.54, 1.807) is 11.4 Å². The second kappa shape index (κ2) is 5.34. The van der Waals surface area contributed by atoms with Gasteiger partial charge in [0.15, 0.2) is 11.6 Å². The molecular weight excluding hydrogens is 293 g/mol. The highest BCUT2D eigenvalue weighted by molar-refractivity contribution is 7.13. The summed E-state index contributed by atoms with van der Waals surface area (Å²) in [7, 11) is 1.38. The fraction of sp³-hybridized carbons (Fsp3) is 0.0714. The van der Waals surface area contributed by atoms with E-state index >= 15 is 0 Å². The van der Waals surface area contributed by atoms with Crippen LogP contribution in [0, 0.1) is 17.1 Å². The fourth-order valence-electron chi connectivity index (χ4n) is 1.79. The zero-order chi connectivity index (χ0) is 14.8. The minimum Gasteiger partial charge on any atom is -0.494 e. The summed E-state index contributed by atoms with van der Waals surface area (Å²) in [4.78, 5) is 4.86. The highest BCUT2D eigenvalue weighted by atomic mass is 32.1. The molecule has 7 heteroatoms. The van der Waals surface area contributed by atoms with Crippen LogP contribution in [0.1, 0.15) is 5.56 Å². The smallest absolute Gasteiger partial charge is 0.269 e. The van der Waals surface area contributed by atoms with Crippen LogP contribution in [0.15, 0.2) is 34.2 Å². The van der Waals surface area contributed by atoms with Crippen LogP contribution >= 0.6 is 11.3 Å². The molecule has 2 aromatic heterocycles. The van der Waals surface area contributed by atoms with E-state index in [0.29, 0.717) is 21.8 Å². The number of halogens is 1. The second-order valence-corrected chi connectivity index (χ2v) is 4.96. The number of rotatable bonds is 3. The molecule has 104 valence electrons. The number of benzene rings is 1. The van der Waals surface area contributed by atoms with Crippen molar-refractivity contribution in [1.82, 2.24) is 10.1 Å². The van der Waals surface area contributed by atoms with E-state index in [1.807, 2.05) is 0 Å². The summed E-state index contributed by atoms with van der Waals surface area (Å²) in [6.07, 6.45) is 0. The zero-order valence-corrected chi connectivity index (χ0v) is 11.6. The highest BCUT2D eigenvalue weighted by Gasteiger charge is 2.16. The van der Waals surface area contributed by atoms with Gasteiger partial charge in [-0.05, 0) is 29.6 Å². The quantitative estimate of drug-likeness (QED) is 0.740. The van der Waals surface area contributed by atoms with Crippen molar-refractivity contribution in [1.29, 1.82) is 5.26 Å². The Balaban J connectivity index is 2.01. The van der Waals surface area contributed by atoms with Gasteiger partial charge in [-0.2, -0.15) is 10.2 Å². The van der Waals surface area contributed by atoms with Crippen molar-refractivity contribution in [2.75, 3.05) is 7.11 Å². The number of nitriles is 1. The lowest BCUT2D eigenvalue weighted by molar-refractivity contribution is 0.386. The lowest BCUT2D eigenvalue weighted by atomic mass is 10.2.